The van der Waals surface area contributed by atoms with Gasteiger partial charge in [-0.1, -0.05) is 97.9 Å². The molecule has 44 heavy (non-hydrogen) atoms. The highest BCUT2D eigenvalue weighted by atomic mass is 16.5. The highest BCUT2D eigenvalue weighted by Gasteiger charge is 2.42. The first kappa shape index (κ1) is 28.3. The summed E-state index contributed by atoms with van der Waals surface area (Å²) in [5.41, 5.74) is 5.28. The molecule has 1 atom stereocenters. The lowest BCUT2D eigenvalue weighted by Gasteiger charge is -2.39. The Morgan fingerprint density at radius 3 is 2.20 bits per heavy atom. The summed E-state index contributed by atoms with van der Waals surface area (Å²) in [7, 11) is 0. The molecule has 7 rings (SSSR count). The van der Waals surface area contributed by atoms with Crippen LogP contribution < -0.4 is 10.9 Å². The predicted octanol–water partition coefficient (Wildman–Crippen LogP) is 6.89. The van der Waals surface area contributed by atoms with Gasteiger partial charge in [0, 0.05) is 36.1 Å². The number of amides is 1. The molecule has 222 valence electrons. The molecule has 6 nitrogen and oxygen atoms in total. The lowest BCUT2D eigenvalue weighted by molar-refractivity contribution is -0.0801. The summed E-state index contributed by atoms with van der Waals surface area (Å²) < 4.78 is 8.19. The van der Waals surface area contributed by atoms with E-state index in [4.69, 9.17) is 4.74 Å². The van der Waals surface area contributed by atoms with E-state index in [9.17, 15) is 9.59 Å². The summed E-state index contributed by atoms with van der Waals surface area (Å²) in [6.45, 7) is 4.80. The van der Waals surface area contributed by atoms with Crippen molar-refractivity contribution in [2.45, 2.75) is 51.0 Å². The van der Waals surface area contributed by atoms with Crippen LogP contribution in [-0.4, -0.2) is 28.5 Å². The van der Waals surface area contributed by atoms with Gasteiger partial charge < -0.3 is 10.1 Å². The summed E-state index contributed by atoms with van der Waals surface area (Å²) in [5.74, 6) is -0.168. The van der Waals surface area contributed by atoms with Crippen molar-refractivity contribution in [2.75, 3.05) is 13.1 Å². The Kier molecular flexibility index (Phi) is 7.62. The molecular weight excluding hydrogens is 546 g/mol. The fourth-order valence-corrected chi connectivity index (χ4v) is 7.07. The van der Waals surface area contributed by atoms with E-state index >= 15 is 0 Å². The van der Waals surface area contributed by atoms with Crippen molar-refractivity contribution in [3.05, 3.63) is 147 Å². The molecule has 2 aliphatic heterocycles. The normalized spacial score (nSPS) is 16.6. The molecule has 0 radical (unpaired) electrons. The Hall–Kier alpha value is -4.52. The molecule has 1 spiro atoms. The maximum absolute atomic E-state index is 14.4. The topological polar surface area (TPSA) is 63.6 Å². The van der Waals surface area contributed by atoms with Crippen LogP contribution in [0.5, 0.6) is 0 Å². The zero-order valence-electron chi connectivity index (χ0n) is 25.0. The molecule has 1 N–H and O–H groups in total. The fourth-order valence-electron chi connectivity index (χ4n) is 7.07. The number of hydrogen-bond donors (Lipinski definition) is 1. The lowest BCUT2D eigenvalue weighted by atomic mass is 9.83. The van der Waals surface area contributed by atoms with E-state index in [-0.39, 0.29) is 23.1 Å². The van der Waals surface area contributed by atoms with E-state index in [0.29, 0.717) is 35.2 Å². The van der Waals surface area contributed by atoms with Crippen LogP contribution in [0.3, 0.4) is 0 Å². The number of likely N-dealkylation sites (tertiary alicyclic amines) is 1. The fraction of sp³-hybridized carbons (Fsp3) is 0.263. The molecule has 6 heteroatoms. The highest BCUT2D eigenvalue weighted by molar-refractivity contribution is 6.08. The molecule has 0 aliphatic carbocycles. The van der Waals surface area contributed by atoms with Crippen LogP contribution in [0.4, 0.5) is 0 Å². The number of para-hydroxylation sites is 1. The molecule has 3 heterocycles. The molecule has 0 bridgehead atoms. The molecule has 1 saturated heterocycles. The van der Waals surface area contributed by atoms with Crippen LogP contribution in [0.15, 0.2) is 114 Å². The number of nitrogens with one attached hydrogen (secondary N) is 1. The number of fused-ring (bicyclic) bond motifs is 3. The average Bonchev–Trinajstić information content (AvgIpc) is 3.43. The van der Waals surface area contributed by atoms with Gasteiger partial charge in [0.1, 0.15) is 0 Å². The van der Waals surface area contributed by atoms with Crippen LogP contribution >= 0.6 is 0 Å². The zero-order chi connectivity index (χ0) is 30.1. The van der Waals surface area contributed by atoms with E-state index in [2.05, 4.69) is 41.4 Å². The molecule has 0 saturated carbocycles. The van der Waals surface area contributed by atoms with Gasteiger partial charge in [0.25, 0.3) is 11.5 Å². The standard InChI is InChI=1S/C38H37N3O3/c1-2-33(27-13-5-3-6-14-27)39-36(42)35-30-18-10-11-19-31(30)37(43)41(29-16-7-4-8-17-29)34(35)25-40-23-21-38(22-24-40)32-20-12-9-15-28(32)26-44-38/h3-20,33H,2,21-26H2,1H3,(H,39,42)/t33-/m0/s1. The first-order valence-electron chi connectivity index (χ1n) is 15.6. The predicted molar refractivity (Wildman–Crippen MR) is 174 cm³/mol. The number of nitrogens with zero attached hydrogens (tertiary/aromatic N) is 2. The van der Waals surface area contributed by atoms with Gasteiger partial charge in [0.2, 0.25) is 0 Å². The maximum Gasteiger partial charge on any atom is 0.263 e. The zero-order valence-corrected chi connectivity index (χ0v) is 25.0. The minimum Gasteiger partial charge on any atom is -0.365 e. The third-order valence-corrected chi connectivity index (χ3v) is 9.39. The van der Waals surface area contributed by atoms with Crippen molar-refractivity contribution in [1.29, 1.82) is 0 Å². The van der Waals surface area contributed by atoms with Crippen molar-refractivity contribution >= 4 is 16.7 Å². The second-order valence-electron chi connectivity index (χ2n) is 11.9. The second-order valence-corrected chi connectivity index (χ2v) is 11.9. The Labute approximate surface area is 257 Å². The smallest absolute Gasteiger partial charge is 0.263 e. The number of benzene rings is 4. The van der Waals surface area contributed by atoms with Gasteiger partial charge in [-0.25, -0.2) is 0 Å². The van der Waals surface area contributed by atoms with Crippen molar-refractivity contribution in [3.8, 4) is 5.69 Å². The number of piperidine rings is 1. The Morgan fingerprint density at radius 2 is 1.48 bits per heavy atom. The number of aromatic nitrogens is 1. The van der Waals surface area contributed by atoms with E-state index in [0.717, 1.165) is 43.6 Å². The van der Waals surface area contributed by atoms with Gasteiger partial charge in [-0.15, -0.1) is 0 Å². The number of pyridine rings is 1. The van der Waals surface area contributed by atoms with Crippen molar-refractivity contribution in [1.82, 2.24) is 14.8 Å². The number of rotatable bonds is 7. The minimum atomic E-state index is -0.264. The summed E-state index contributed by atoms with van der Waals surface area (Å²) in [6.07, 6.45) is 2.47. The summed E-state index contributed by atoms with van der Waals surface area (Å²) in [4.78, 5) is 31.0. The number of hydrogen-bond acceptors (Lipinski definition) is 4. The van der Waals surface area contributed by atoms with Gasteiger partial charge in [-0.05, 0) is 54.2 Å². The third-order valence-electron chi connectivity index (χ3n) is 9.39. The third kappa shape index (κ3) is 5.04. The van der Waals surface area contributed by atoms with Gasteiger partial charge in [0.15, 0.2) is 0 Å². The number of carbonyl (C=O) groups excluding carboxylic acids is 1. The first-order chi connectivity index (χ1) is 21.6. The maximum atomic E-state index is 14.4. The van der Waals surface area contributed by atoms with Crippen LogP contribution in [-0.2, 0) is 23.5 Å². The Bertz CT molecular complexity index is 1860. The van der Waals surface area contributed by atoms with Gasteiger partial charge in [-0.3, -0.25) is 19.1 Å². The number of carbonyl (C=O) groups is 1. The molecule has 4 aromatic carbocycles. The van der Waals surface area contributed by atoms with E-state index < -0.39 is 0 Å². The van der Waals surface area contributed by atoms with Crippen LogP contribution in [0.2, 0.25) is 0 Å². The molecule has 1 fully saturated rings. The minimum absolute atomic E-state index is 0.116. The summed E-state index contributed by atoms with van der Waals surface area (Å²) >= 11 is 0. The molecular formula is C38H37N3O3. The van der Waals surface area contributed by atoms with Gasteiger partial charge in [-0.2, -0.15) is 0 Å². The Morgan fingerprint density at radius 1 is 0.841 bits per heavy atom. The van der Waals surface area contributed by atoms with Gasteiger partial charge >= 0.3 is 0 Å². The van der Waals surface area contributed by atoms with Crippen molar-refractivity contribution in [3.63, 3.8) is 0 Å². The number of ether oxygens (including phenoxy) is 1. The molecule has 1 aromatic heterocycles. The molecule has 5 aromatic rings. The quantitative estimate of drug-likeness (QED) is 0.227. The van der Waals surface area contributed by atoms with Crippen molar-refractivity contribution in [2.24, 2.45) is 0 Å². The largest absolute Gasteiger partial charge is 0.365 e. The average molecular weight is 584 g/mol. The molecule has 1 amide bonds. The van der Waals surface area contributed by atoms with E-state index in [1.165, 1.54) is 11.1 Å². The van der Waals surface area contributed by atoms with Crippen LogP contribution in [0.1, 0.15) is 65.0 Å². The van der Waals surface area contributed by atoms with E-state index in [1.54, 1.807) is 4.57 Å². The van der Waals surface area contributed by atoms with Crippen LogP contribution in [0, 0.1) is 0 Å². The molecule has 2 aliphatic rings. The Balaban J connectivity index is 1.31. The molecule has 0 unspecified atom stereocenters. The van der Waals surface area contributed by atoms with Crippen molar-refractivity contribution < 1.29 is 9.53 Å². The summed E-state index contributed by atoms with van der Waals surface area (Å²) in [5, 5.41) is 4.54. The SMILES string of the molecule is CC[C@H](NC(=O)c1c(CN2CCC3(CC2)OCc2ccccc23)n(-c2ccccc2)c(=O)c2ccccc12)c1ccccc1. The monoisotopic (exact) mass is 583 g/mol. The summed E-state index contributed by atoms with van der Waals surface area (Å²) in [6, 6.07) is 35.6. The van der Waals surface area contributed by atoms with Gasteiger partial charge in [0.05, 0.1) is 29.5 Å². The first-order valence-corrected chi connectivity index (χ1v) is 15.6. The second kappa shape index (κ2) is 11.9. The highest BCUT2D eigenvalue weighted by Crippen LogP contribution is 2.44. The van der Waals surface area contributed by atoms with Crippen LogP contribution in [0.25, 0.3) is 16.5 Å². The lowest BCUT2D eigenvalue weighted by Crippen LogP contribution is -2.43. The van der Waals surface area contributed by atoms with E-state index in [1.807, 2.05) is 84.9 Å².